The van der Waals surface area contributed by atoms with Crippen LogP contribution < -0.4 is 5.32 Å². The quantitative estimate of drug-likeness (QED) is 0.709. The summed E-state index contributed by atoms with van der Waals surface area (Å²) in [5.74, 6) is 0.257. The van der Waals surface area contributed by atoms with Crippen molar-refractivity contribution in [1.82, 2.24) is 5.32 Å². The molecule has 0 aliphatic carbocycles. The van der Waals surface area contributed by atoms with Crippen molar-refractivity contribution in [3.05, 3.63) is 0 Å². The molecule has 1 atom stereocenters. The summed E-state index contributed by atoms with van der Waals surface area (Å²) >= 11 is 0. The minimum absolute atomic E-state index is 0.257. The Morgan fingerprint density at radius 1 is 1.42 bits per heavy atom. The third-order valence-electron chi connectivity index (χ3n) is 1.78. The summed E-state index contributed by atoms with van der Waals surface area (Å²) in [6.45, 7) is 0.770. The lowest BCUT2D eigenvalue weighted by Crippen LogP contribution is -2.32. The molecule has 1 heterocycles. The van der Waals surface area contributed by atoms with E-state index >= 15 is 0 Å². The summed E-state index contributed by atoms with van der Waals surface area (Å²) in [7, 11) is 0. The fraction of sp³-hybridized carbons (Fsp3) is 1.00. The maximum Gasteiger partial charge on any atom is 0.401 e. The summed E-state index contributed by atoms with van der Waals surface area (Å²) in [6, 6.07) is 0. The summed E-state index contributed by atoms with van der Waals surface area (Å²) in [4.78, 5) is 0. The van der Waals surface area contributed by atoms with Gasteiger partial charge in [0, 0.05) is 13.2 Å². The molecule has 1 aliphatic rings. The van der Waals surface area contributed by atoms with E-state index in [9.17, 15) is 13.2 Å². The number of alkyl halides is 3. The normalized spacial score (nSPS) is 24.8. The zero-order valence-corrected chi connectivity index (χ0v) is 6.66. The molecule has 1 N–H and O–H groups in total. The second-order valence-corrected chi connectivity index (χ2v) is 2.98. The third-order valence-corrected chi connectivity index (χ3v) is 1.78. The molecule has 0 aromatic heterocycles. The average Bonchev–Trinajstić information content (AvgIpc) is 2.36. The first kappa shape index (κ1) is 9.80. The first-order chi connectivity index (χ1) is 5.58. The Hall–Kier alpha value is -0.290. The molecule has 0 spiro atoms. The maximum absolute atomic E-state index is 11.6. The van der Waals surface area contributed by atoms with Gasteiger partial charge in [0.25, 0.3) is 0 Å². The van der Waals surface area contributed by atoms with Crippen molar-refractivity contribution in [2.75, 3.05) is 26.3 Å². The van der Waals surface area contributed by atoms with Gasteiger partial charge in [-0.25, -0.2) is 0 Å². The molecule has 1 aliphatic heterocycles. The van der Waals surface area contributed by atoms with Crippen LogP contribution in [0.1, 0.15) is 6.42 Å². The Morgan fingerprint density at radius 2 is 2.17 bits per heavy atom. The molecule has 12 heavy (non-hydrogen) atoms. The molecule has 0 saturated carbocycles. The van der Waals surface area contributed by atoms with Gasteiger partial charge in [0.05, 0.1) is 13.2 Å². The highest BCUT2D eigenvalue weighted by atomic mass is 19.4. The molecule has 72 valence electrons. The van der Waals surface area contributed by atoms with E-state index in [0.717, 1.165) is 6.42 Å². The number of nitrogens with one attached hydrogen (secondary N) is 1. The van der Waals surface area contributed by atoms with Crippen LogP contribution in [-0.2, 0) is 4.74 Å². The molecule has 5 heteroatoms. The standard InChI is InChI=1S/C7H12F3NO/c8-7(9,10)5-11-3-6-1-2-12-4-6/h6,11H,1-5H2. The molecular formula is C7H12F3NO. The lowest BCUT2D eigenvalue weighted by Gasteiger charge is -2.10. The van der Waals surface area contributed by atoms with Crippen LogP contribution in [0.15, 0.2) is 0 Å². The zero-order valence-electron chi connectivity index (χ0n) is 6.66. The van der Waals surface area contributed by atoms with Crippen LogP contribution in [0.2, 0.25) is 0 Å². The number of hydrogen-bond donors (Lipinski definition) is 1. The monoisotopic (exact) mass is 183 g/mol. The van der Waals surface area contributed by atoms with Gasteiger partial charge in [-0.3, -0.25) is 0 Å². The molecule has 2 nitrogen and oxygen atoms in total. The second kappa shape index (κ2) is 4.09. The maximum atomic E-state index is 11.6. The predicted octanol–water partition coefficient (Wildman–Crippen LogP) is 1.17. The molecule has 0 bridgehead atoms. The fourth-order valence-corrected chi connectivity index (χ4v) is 1.16. The predicted molar refractivity (Wildman–Crippen MR) is 37.9 cm³/mol. The Morgan fingerprint density at radius 3 is 2.67 bits per heavy atom. The minimum Gasteiger partial charge on any atom is -0.381 e. The topological polar surface area (TPSA) is 21.3 Å². The summed E-state index contributed by atoms with van der Waals surface area (Å²) < 4.78 is 39.9. The largest absolute Gasteiger partial charge is 0.401 e. The Labute approximate surface area is 69.1 Å². The van der Waals surface area contributed by atoms with Crippen molar-refractivity contribution in [3.8, 4) is 0 Å². The summed E-state index contributed by atoms with van der Waals surface area (Å²) in [5.41, 5.74) is 0. The number of rotatable bonds is 3. The molecule has 1 rings (SSSR count). The number of hydrogen-bond acceptors (Lipinski definition) is 2. The van der Waals surface area contributed by atoms with E-state index in [1.807, 2.05) is 0 Å². The van der Waals surface area contributed by atoms with E-state index in [-0.39, 0.29) is 5.92 Å². The van der Waals surface area contributed by atoms with E-state index < -0.39 is 12.7 Å². The van der Waals surface area contributed by atoms with E-state index in [1.165, 1.54) is 0 Å². The second-order valence-electron chi connectivity index (χ2n) is 2.98. The molecule has 0 amide bonds. The number of halogens is 3. The van der Waals surface area contributed by atoms with Gasteiger partial charge in [0.1, 0.15) is 0 Å². The first-order valence-corrected chi connectivity index (χ1v) is 3.93. The van der Waals surface area contributed by atoms with E-state index in [1.54, 1.807) is 0 Å². The van der Waals surface area contributed by atoms with Crippen LogP contribution in [0.3, 0.4) is 0 Å². The highest BCUT2D eigenvalue weighted by Crippen LogP contribution is 2.14. The lowest BCUT2D eigenvalue weighted by atomic mass is 10.1. The highest BCUT2D eigenvalue weighted by molar-refractivity contribution is 4.67. The molecule has 1 unspecified atom stereocenters. The van der Waals surface area contributed by atoms with Gasteiger partial charge in [-0.05, 0) is 12.3 Å². The van der Waals surface area contributed by atoms with Gasteiger partial charge >= 0.3 is 6.18 Å². The van der Waals surface area contributed by atoms with Gasteiger partial charge in [0.15, 0.2) is 0 Å². The Balaban J connectivity index is 2.02. The molecular weight excluding hydrogens is 171 g/mol. The van der Waals surface area contributed by atoms with Crippen molar-refractivity contribution in [1.29, 1.82) is 0 Å². The SMILES string of the molecule is FC(F)(F)CNCC1CCOC1. The van der Waals surface area contributed by atoms with Crippen molar-refractivity contribution < 1.29 is 17.9 Å². The van der Waals surface area contributed by atoms with Crippen LogP contribution in [0.25, 0.3) is 0 Å². The van der Waals surface area contributed by atoms with Crippen LogP contribution in [0, 0.1) is 5.92 Å². The summed E-state index contributed by atoms with van der Waals surface area (Å²) in [6.07, 6.45) is -3.23. The van der Waals surface area contributed by atoms with Crippen LogP contribution in [0.4, 0.5) is 13.2 Å². The van der Waals surface area contributed by atoms with Gasteiger partial charge in [-0.1, -0.05) is 0 Å². The van der Waals surface area contributed by atoms with Crippen molar-refractivity contribution in [2.24, 2.45) is 5.92 Å². The molecule has 0 radical (unpaired) electrons. The minimum atomic E-state index is -4.10. The number of ether oxygens (including phenoxy) is 1. The molecule has 1 fully saturated rings. The molecule has 0 aromatic rings. The Kier molecular flexibility index (Phi) is 3.34. The van der Waals surface area contributed by atoms with Crippen molar-refractivity contribution in [2.45, 2.75) is 12.6 Å². The fourth-order valence-electron chi connectivity index (χ4n) is 1.16. The third kappa shape index (κ3) is 3.92. The van der Waals surface area contributed by atoms with E-state index in [4.69, 9.17) is 4.74 Å². The molecule has 0 aromatic carbocycles. The lowest BCUT2D eigenvalue weighted by molar-refractivity contribution is -0.125. The first-order valence-electron chi connectivity index (χ1n) is 3.93. The van der Waals surface area contributed by atoms with Crippen molar-refractivity contribution in [3.63, 3.8) is 0 Å². The zero-order chi connectivity index (χ0) is 9.03. The van der Waals surface area contributed by atoms with E-state index in [2.05, 4.69) is 5.32 Å². The van der Waals surface area contributed by atoms with Crippen molar-refractivity contribution >= 4 is 0 Å². The van der Waals surface area contributed by atoms with Gasteiger partial charge in [0.2, 0.25) is 0 Å². The Bertz CT molecular complexity index is 131. The van der Waals surface area contributed by atoms with E-state index in [0.29, 0.717) is 19.8 Å². The van der Waals surface area contributed by atoms with Gasteiger partial charge in [-0.15, -0.1) is 0 Å². The average molecular weight is 183 g/mol. The van der Waals surface area contributed by atoms with Crippen LogP contribution in [0.5, 0.6) is 0 Å². The molecule has 1 saturated heterocycles. The van der Waals surface area contributed by atoms with Crippen LogP contribution in [-0.4, -0.2) is 32.5 Å². The highest BCUT2D eigenvalue weighted by Gasteiger charge is 2.27. The smallest absolute Gasteiger partial charge is 0.381 e. The van der Waals surface area contributed by atoms with Crippen LogP contribution >= 0.6 is 0 Å². The van der Waals surface area contributed by atoms with Gasteiger partial charge < -0.3 is 10.1 Å². The summed E-state index contributed by atoms with van der Waals surface area (Å²) in [5, 5.41) is 2.36. The van der Waals surface area contributed by atoms with Gasteiger partial charge in [-0.2, -0.15) is 13.2 Å².